The quantitative estimate of drug-likeness (QED) is 0.253. The molecule has 1 unspecified atom stereocenters. The van der Waals surface area contributed by atoms with Crippen molar-refractivity contribution >= 4 is 18.0 Å². The first-order valence-corrected chi connectivity index (χ1v) is 8.50. The molecule has 0 bridgehead atoms. The molecule has 0 aliphatic heterocycles. The number of ether oxygens (including phenoxy) is 2. The number of esters is 1. The van der Waals surface area contributed by atoms with E-state index in [4.69, 9.17) is 9.47 Å². The van der Waals surface area contributed by atoms with Crippen molar-refractivity contribution in [3.63, 3.8) is 0 Å². The standard InChI is InChI=1S/C20H25NO7/c1-11-6-15(17(24)9-16(11)23)20(26)28-13(3)8-14(10-22)19(27-5)18(25)7-12(2)21-4/h6-7,9-10,13,21,23-24H,8H2,1-5H3/b12-7+,19-14+. The van der Waals surface area contributed by atoms with E-state index in [2.05, 4.69) is 5.32 Å². The van der Waals surface area contributed by atoms with Crippen LogP contribution in [0.4, 0.5) is 0 Å². The van der Waals surface area contributed by atoms with Crippen molar-refractivity contribution in [2.24, 2.45) is 0 Å². The predicted octanol–water partition coefficient (Wildman–Crippen LogP) is 2.13. The molecule has 0 aliphatic carbocycles. The number of aryl methyl sites for hydroxylation is 1. The van der Waals surface area contributed by atoms with Crippen LogP contribution >= 0.6 is 0 Å². The first-order chi connectivity index (χ1) is 13.1. The minimum Gasteiger partial charge on any atom is -0.508 e. The number of carbonyl (C=O) groups is 3. The summed E-state index contributed by atoms with van der Waals surface area (Å²) in [5, 5.41) is 22.2. The third-order valence-corrected chi connectivity index (χ3v) is 3.95. The van der Waals surface area contributed by atoms with Crippen LogP contribution in [0.2, 0.25) is 0 Å². The van der Waals surface area contributed by atoms with Crippen molar-refractivity contribution in [1.29, 1.82) is 0 Å². The molecular formula is C20H25NO7. The van der Waals surface area contributed by atoms with Gasteiger partial charge in [-0.3, -0.25) is 9.59 Å². The molecule has 0 saturated carbocycles. The van der Waals surface area contributed by atoms with Crippen LogP contribution in [0.1, 0.15) is 36.2 Å². The van der Waals surface area contributed by atoms with Crippen LogP contribution in [0.5, 0.6) is 11.5 Å². The predicted molar refractivity (Wildman–Crippen MR) is 102 cm³/mol. The molecule has 1 atom stereocenters. The van der Waals surface area contributed by atoms with Crippen LogP contribution in [0.25, 0.3) is 0 Å². The number of phenolic OH excluding ortho intramolecular Hbond substituents is 2. The van der Waals surface area contributed by atoms with Crippen molar-refractivity contribution in [2.45, 2.75) is 33.3 Å². The summed E-state index contributed by atoms with van der Waals surface area (Å²) in [5.41, 5.74) is 0.903. The number of carbonyl (C=O) groups excluding carboxylic acids is 3. The average Bonchev–Trinajstić information content (AvgIpc) is 2.63. The third kappa shape index (κ3) is 5.87. The van der Waals surface area contributed by atoms with Crippen LogP contribution in [-0.4, -0.2) is 48.5 Å². The van der Waals surface area contributed by atoms with Crippen LogP contribution < -0.4 is 5.32 Å². The molecule has 1 rings (SSSR count). The molecule has 28 heavy (non-hydrogen) atoms. The second-order valence-electron chi connectivity index (χ2n) is 6.19. The van der Waals surface area contributed by atoms with Gasteiger partial charge in [0.25, 0.3) is 0 Å². The van der Waals surface area contributed by atoms with Gasteiger partial charge in [0.15, 0.2) is 5.76 Å². The fraction of sp³-hybridized carbons (Fsp3) is 0.350. The zero-order valence-corrected chi connectivity index (χ0v) is 16.5. The largest absolute Gasteiger partial charge is 0.508 e. The maximum Gasteiger partial charge on any atom is 0.342 e. The number of rotatable bonds is 9. The number of allylic oxidation sites excluding steroid dienone is 2. The lowest BCUT2D eigenvalue weighted by Gasteiger charge is -2.16. The van der Waals surface area contributed by atoms with Gasteiger partial charge < -0.3 is 25.0 Å². The second-order valence-corrected chi connectivity index (χ2v) is 6.19. The lowest BCUT2D eigenvalue weighted by molar-refractivity contribution is -0.115. The summed E-state index contributed by atoms with van der Waals surface area (Å²) in [5.74, 6) is -2.04. The van der Waals surface area contributed by atoms with Gasteiger partial charge in [-0.15, -0.1) is 0 Å². The van der Waals surface area contributed by atoms with Gasteiger partial charge in [-0.1, -0.05) is 0 Å². The van der Waals surface area contributed by atoms with E-state index in [-0.39, 0.29) is 29.1 Å². The maximum atomic E-state index is 12.3. The summed E-state index contributed by atoms with van der Waals surface area (Å²) in [6.45, 7) is 4.79. The summed E-state index contributed by atoms with van der Waals surface area (Å²) in [6, 6.07) is 2.34. The zero-order chi connectivity index (χ0) is 21.4. The first-order valence-electron chi connectivity index (χ1n) is 8.50. The molecule has 0 aliphatic rings. The Morgan fingerprint density at radius 1 is 1.25 bits per heavy atom. The maximum absolute atomic E-state index is 12.3. The van der Waals surface area contributed by atoms with Gasteiger partial charge in [-0.05, 0) is 32.4 Å². The normalized spacial score (nSPS) is 13.2. The SMILES string of the molecule is CN/C(C)=C/C(=O)/C(OC)=C(\C=O)CC(C)OC(=O)c1cc(C)c(O)cc1O. The van der Waals surface area contributed by atoms with Crippen molar-refractivity contribution in [1.82, 2.24) is 5.32 Å². The fourth-order valence-electron chi connectivity index (χ4n) is 2.37. The number of ketones is 1. The van der Waals surface area contributed by atoms with Crippen molar-refractivity contribution in [3.8, 4) is 11.5 Å². The highest BCUT2D eigenvalue weighted by Gasteiger charge is 2.21. The minimum absolute atomic E-state index is 0.0408. The number of benzene rings is 1. The topological polar surface area (TPSA) is 122 Å². The molecule has 3 N–H and O–H groups in total. The Labute approximate surface area is 163 Å². The zero-order valence-electron chi connectivity index (χ0n) is 16.5. The van der Waals surface area contributed by atoms with Gasteiger partial charge in [-0.2, -0.15) is 0 Å². The Hall–Kier alpha value is -3.29. The summed E-state index contributed by atoms with van der Waals surface area (Å²) in [4.78, 5) is 36.0. The number of methoxy groups -OCH3 is 1. The molecule has 0 radical (unpaired) electrons. The number of hydrogen-bond acceptors (Lipinski definition) is 8. The van der Waals surface area contributed by atoms with Crippen molar-refractivity contribution in [2.75, 3.05) is 14.2 Å². The Morgan fingerprint density at radius 2 is 1.89 bits per heavy atom. The summed E-state index contributed by atoms with van der Waals surface area (Å²) < 4.78 is 10.3. The Bertz CT molecular complexity index is 824. The number of nitrogens with one attached hydrogen (secondary N) is 1. The molecule has 0 saturated heterocycles. The van der Waals surface area contributed by atoms with E-state index in [1.165, 1.54) is 26.2 Å². The molecule has 0 amide bonds. The Balaban J connectivity index is 3.01. The lowest BCUT2D eigenvalue weighted by atomic mass is 10.1. The average molecular weight is 391 g/mol. The minimum atomic E-state index is -0.824. The van der Waals surface area contributed by atoms with E-state index in [1.807, 2.05) is 0 Å². The van der Waals surface area contributed by atoms with Crippen molar-refractivity contribution < 1.29 is 34.1 Å². The van der Waals surface area contributed by atoms with E-state index >= 15 is 0 Å². The van der Waals surface area contributed by atoms with Gasteiger partial charge in [0.05, 0.1) is 7.11 Å². The molecule has 8 nitrogen and oxygen atoms in total. The smallest absolute Gasteiger partial charge is 0.342 e. The summed E-state index contributed by atoms with van der Waals surface area (Å²) in [7, 11) is 2.92. The van der Waals surface area contributed by atoms with Gasteiger partial charge in [-0.25, -0.2) is 4.79 Å². The molecule has 152 valence electrons. The third-order valence-electron chi connectivity index (χ3n) is 3.95. The number of aromatic hydroxyl groups is 2. The number of phenols is 2. The van der Waals surface area contributed by atoms with E-state index in [9.17, 15) is 24.6 Å². The number of aldehydes is 1. The van der Waals surface area contributed by atoms with E-state index in [0.717, 1.165) is 6.07 Å². The molecule has 0 aromatic heterocycles. The van der Waals surface area contributed by atoms with E-state index < -0.39 is 23.6 Å². The van der Waals surface area contributed by atoms with E-state index in [0.29, 0.717) is 17.5 Å². The molecule has 0 heterocycles. The second kappa shape index (κ2) is 10.1. The van der Waals surface area contributed by atoms with Crippen LogP contribution in [0, 0.1) is 6.92 Å². The molecule has 0 spiro atoms. The van der Waals surface area contributed by atoms with Gasteiger partial charge in [0.1, 0.15) is 29.5 Å². The highest BCUT2D eigenvalue weighted by Crippen LogP contribution is 2.28. The molecule has 1 aromatic carbocycles. The molecular weight excluding hydrogens is 366 g/mol. The highest BCUT2D eigenvalue weighted by molar-refractivity contribution is 6.06. The van der Waals surface area contributed by atoms with Gasteiger partial charge in [0.2, 0.25) is 5.78 Å². The molecule has 1 aromatic rings. The molecule has 8 heteroatoms. The summed E-state index contributed by atoms with van der Waals surface area (Å²) in [6.07, 6.45) is 0.921. The first kappa shape index (κ1) is 22.8. The molecule has 0 fully saturated rings. The lowest BCUT2D eigenvalue weighted by Crippen LogP contribution is -2.18. The van der Waals surface area contributed by atoms with Gasteiger partial charge in [0, 0.05) is 36.9 Å². The Kier molecular flexibility index (Phi) is 8.25. The summed E-state index contributed by atoms with van der Waals surface area (Å²) >= 11 is 0. The number of hydrogen-bond donors (Lipinski definition) is 3. The Morgan fingerprint density at radius 3 is 2.43 bits per heavy atom. The van der Waals surface area contributed by atoms with Crippen LogP contribution in [0.3, 0.4) is 0 Å². The van der Waals surface area contributed by atoms with E-state index in [1.54, 1.807) is 20.9 Å². The van der Waals surface area contributed by atoms with Crippen LogP contribution in [0.15, 0.2) is 35.2 Å². The van der Waals surface area contributed by atoms with Gasteiger partial charge >= 0.3 is 5.97 Å². The fourth-order valence-corrected chi connectivity index (χ4v) is 2.37. The van der Waals surface area contributed by atoms with Crippen molar-refractivity contribution in [3.05, 3.63) is 46.4 Å². The van der Waals surface area contributed by atoms with Crippen LogP contribution in [-0.2, 0) is 19.1 Å². The monoisotopic (exact) mass is 391 g/mol. The highest BCUT2D eigenvalue weighted by atomic mass is 16.5.